The van der Waals surface area contributed by atoms with Crippen LogP contribution in [0.5, 0.6) is 5.75 Å². The van der Waals surface area contributed by atoms with Crippen molar-refractivity contribution in [1.29, 1.82) is 0 Å². The summed E-state index contributed by atoms with van der Waals surface area (Å²) in [5.41, 5.74) is 4.07. The number of hydrogen-bond donors (Lipinski definition) is 0. The Kier molecular flexibility index (Phi) is 4.60. The van der Waals surface area contributed by atoms with Gasteiger partial charge < -0.3 is 4.74 Å². The van der Waals surface area contributed by atoms with E-state index < -0.39 is 0 Å². The van der Waals surface area contributed by atoms with E-state index in [4.69, 9.17) is 9.72 Å². The molecule has 5 rings (SSSR count). The van der Waals surface area contributed by atoms with Crippen LogP contribution in [0.25, 0.3) is 33.0 Å². The number of benzene rings is 2. The van der Waals surface area contributed by atoms with Crippen LogP contribution in [0.3, 0.4) is 0 Å². The van der Waals surface area contributed by atoms with Gasteiger partial charge in [-0.25, -0.2) is 4.98 Å². The molecule has 0 atom stereocenters. The third kappa shape index (κ3) is 3.12. The van der Waals surface area contributed by atoms with Gasteiger partial charge in [0.25, 0.3) is 5.56 Å². The van der Waals surface area contributed by atoms with E-state index in [-0.39, 0.29) is 5.56 Å². The first-order valence-electron chi connectivity index (χ1n) is 9.27. The number of fused-ring (bicyclic) bond motifs is 2. The van der Waals surface area contributed by atoms with E-state index in [1.54, 1.807) is 11.7 Å². The van der Waals surface area contributed by atoms with Gasteiger partial charge in [-0.1, -0.05) is 46.3 Å². The van der Waals surface area contributed by atoms with E-state index in [0.717, 1.165) is 49.6 Å². The van der Waals surface area contributed by atoms with E-state index in [0.29, 0.717) is 11.9 Å². The fourth-order valence-corrected chi connectivity index (χ4v) is 5.11. The summed E-state index contributed by atoms with van der Waals surface area (Å²) < 4.78 is 8.28. The standard InChI is InChI=1S/C23H17BrN2O2S/c1-28-19-8-7-17(24)12-16(19)11-15-9-10-26-21(15)25-22-20(23(26)27)18(13-29-22)14-5-3-2-4-6-14/h2-8,11-13H,9-10H2,1H3/b15-11+. The second-order valence-electron chi connectivity index (χ2n) is 6.89. The Balaban J connectivity index is 1.67. The molecule has 0 aliphatic carbocycles. The van der Waals surface area contributed by atoms with Crippen molar-refractivity contribution in [3.05, 3.63) is 80.1 Å². The van der Waals surface area contributed by atoms with Crippen molar-refractivity contribution in [2.45, 2.75) is 13.0 Å². The van der Waals surface area contributed by atoms with Crippen LogP contribution >= 0.6 is 27.3 Å². The third-order valence-corrected chi connectivity index (χ3v) is 6.56. The van der Waals surface area contributed by atoms with E-state index in [9.17, 15) is 4.79 Å². The fraction of sp³-hybridized carbons (Fsp3) is 0.130. The lowest BCUT2D eigenvalue weighted by Gasteiger charge is -2.07. The number of halogens is 1. The molecule has 4 nitrogen and oxygen atoms in total. The summed E-state index contributed by atoms with van der Waals surface area (Å²) in [7, 11) is 1.66. The lowest BCUT2D eigenvalue weighted by Crippen LogP contribution is -2.20. The molecule has 4 aromatic rings. The van der Waals surface area contributed by atoms with Gasteiger partial charge in [-0.05, 0) is 41.8 Å². The van der Waals surface area contributed by atoms with Crippen molar-refractivity contribution in [3.63, 3.8) is 0 Å². The topological polar surface area (TPSA) is 44.1 Å². The summed E-state index contributed by atoms with van der Waals surface area (Å²) in [6, 6.07) is 15.9. The highest BCUT2D eigenvalue weighted by molar-refractivity contribution is 9.10. The first-order chi connectivity index (χ1) is 14.2. The molecule has 0 N–H and O–H groups in total. The molecule has 0 radical (unpaired) electrons. The van der Waals surface area contributed by atoms with E-state index in [1.165, 1.54) is 11.3 Å². The van der Waals surface area contributed by atoms with Crippen molar-refractivity contribution >= 4 is 49.1 Å². The Labute approximate surface area is 180 Å². The van der Waals surface area contributed by atoms with Crippen LogP contribution < -0.4 is 10.3 Å². The quantitative estimate of drug-likeness (QED) is 0.382. The van der Waals surface area contributed by atoms with E-state index >= 15 is 0 Å². The lowest BCUT2D eigenvalue weighted by atomic mass is 10.1. The monoisotopic (exact) mass is 464 g/mol. The highest BCUT2D eigenvalue weighted by Crippen LogP contribution is 2.35. The minimum Gasteiger partial charge on any atom is -0.496 e. The fourth-order valence-electron chi connectivity index (χ4n) is 3.79. The smallest absolute Gasteiger partial charge is 0.263 e. The molecule has 29 heavy (non-hydrogen) atoms. The van der Waals surface area contributed by atoms with Crippen LogP contribution in [0, 0.1) is 0 Å². The zero-order valence-electron chi connectivity index (χ0n) is 15.7. The van der Waals surface area contributed by atoms with Crippen LogP contribution in [0.2, 0.25) is 0 Å². The SMILES string of the molecule is COc1ccc(Br)cc1/C=C1\CCn2c1nc1scc(-c3ccccc3)c1c2=O. The Morgan fingerprint density at radius 3 is 2.83 bits per heavy atom. The van der Waals surface area contributed by atoms with Crippen molar-refractivity contribution in [1.82, 2.24) is 9.55 Å². The molecule has 6 heteroatoms. The average molecular weight is 465 g/mol. The number of nitrogens with zero attached hydrogens (tertiary/aromatic N) is 2. The molecule has 2 aromatic carbocycles. The number of allylic oxidation sites excluding steroid dienone is 1. The van der Waals surface area contributed by atoms with Crippen LogP contribution in [0.15, 0.2) is 63.2 Å². The number of rotatable bonds is 3. The Morgan fingerprint density at radius 2 is 2.03 bits per heavy atom. The molecule has 0 spiro atoms. The van der Waals surface area contributed by atoms with Gasteiger partial charge in [-0.3, -0.25) is 9.36 Å². The predicted molar refractivity (Wildman–Crippen MR) is 122 cm³/mol. The van der Waals surface area contributed by atoms with Crippen molar-refractivity contribution < 1.29 is 4.74 Å². The molecule has 1 aliphatic heterocycles. The van der Waals surface area contributed by atoms with Gasteiger partial charge in [0, 0.05) is 27.5 Å². The highest BCUT2D eigenvalue weighted by Gasteiger charge is 2.23. The number of aromatic nitrogens is 2. The zero-order chi connectivity index (χ0) is 20.0. The molecule has 144 valence electrons. The van der Waals surface area contributed by atoms with E-state index in [2.05, 4.69) is 22.0 Å². The minimum atomic E-state index is 0.0368. The van der Waals surface area contributed by atoms with Crippen LogP contribution in [0.4, 0.5) is 0 Å². The first kappa shape index (κ1) is 18.3. The molecule has 0 unspecified atom stereocenters. The molecule has 1 aliphatic rings. The number of hydrogen-bond acceptors (Lipinski definition) is 4. The largest absolute Gasteiger partial charge is 0.496 e. The molecule has 0 amide bonds. The van der Waals surface area contributed by atoms with Crippen LogP contribution in [0.1, 0.15) is 17.8 Å². The van der Waals surface area contributed by atoms with Crippen LogP contribution in [-0.4, -0.2) is 16.7 Å². The molecule has 0 bridgehead atoms. The highest BCUT2D eigenvalue weighted by atomic mass is 79.9. The molecule has 2 aromatic heterocycles. The van der Waals surface area contributed by atoms with Crippen molar-refractivity contribution in [3.8, 4) is 16.9 Å². The molecule has 0 saturated carbocycles. The summed E-state index contributed by atoms with van der Waals surface area (Å²) in [5.74, 6) is 1.55. The van der Waals surface area contributed by atoms with E-state index in [1.807, 2.05) is 53.9 Å². The number of ether oxygens (including phenoxy) is 1. The molecular formula is C23H17BrN2O2S. The summed E-state index contributed by atoms with van der Waals surface area (Å²) in [6.07, 6.45) is 2.85. The Bertz CT molecular complexity index is 1320. The maximum Gasteiger partial charge on any atom is 0.263 e. The second kappa shape index (κ2) is 7.28. The van der Waals surface area contributed by atoms with Gasteiger partial charge in [-0.2, -0.15) is 0 Å². The second-order valence-corrected chi connectivity index (χ2v) is 8.67. The van der Waals surface area contributed by atoms with Gasteiger partial charge in [0.2, 0.25) is 0 Å². The van der Waals surface area contributed by atoms with Crippen LogP contribution in [-0.2, 0) is 6.54 Å². The normalized spacial score (nSPS) is 14.5. The molecule has 0 saturated heterocycles. The lowest BCUT2D eigenvalue weighted by molar-refractivity contribution is 0.414. The average Bonchev–Trinajstić information content (AvgIpc) is 3.34. The summed E-state index contributed by atoms with van der Waals surface area (Å²) in [4.78, 5) is 19.0. The van der Waals surface area contributed by atoms with Gasteiger partial charge in [-0.15, -0.1) is 11.3 Å². The number of thiophene rings is 1. The summed E-state index contributed by atoms with van der Waals surface area (Å²) >= 11 is 5.05. The maximum atomic E-state index is 13.3. The van der Waals surface area contributed by atoms with Crippen molar-refractivity contribution in [2.75, 3.05) is 7.11 Å². The third-order valence-electron chi connectivity index (χ3n) is 5.19. The predicted octanol–water partition coefficient (Wildman–Crippen LogP) is 5.84. The first-order valence-corrected chi connectivity index (χ1v) is 10.9. The zero-order valence-corrected chi connectivity index (χ0v) is 18.1. The Morgan fingerprint density at radius 1 is 1.21 bits per heavy atom. The minimum absolute atomic E-state index is 0.0368. The maximum absolute atomic E-state index is 13.3. The summed E-state index contributed by atoms with van der Waals surface area (Å²) in [6.45, 7) is 0.642. The van der Waals surface area contributed by atoms with Gasteiger partial charge >= 0.3 is 0 Å². The summed E-state index contributed by atoms with van der Waals surface area (Å²) in [5, 5.41) is 2.75. The van der Waals surface area contributed by atoms with Gasteiger partial charge in [0.05, 0.1) is 12.5 Å². The number of methoxy groups -OCH3 is 1. The Hall–Kier alpha value is -2.70. The molecular weight excluding hydrogens is 448 g/mol. The van der Waals surface area contributed by atoms with Crippen molar-refractivity contribution in [2.24, 2.45) is 0 Å². The van der Waals surface area contributed by atoms with Gasteiger partial charge in [0.1, 0.15) is 16.4 Å². The molecule has 3 heterocycles. The van der Waals surface area contributed by atoms with Gasteiger partial charge in [0.15, 0.2) is 0 Å². The molecule has 0 fully saturated rings.